The van der Waals surface area contributed by atoms with Crippen LogP contribution >= 0.6 is 0 Å². The summed E-state index contributed by atoms with van der Waals surface area (Å²) >= 11 is 0. The van der Waals surface area contributed by atoms with Crippen molar-refractivity contribution in [1.82, 2.24) is 15.2 Å². The lowest BCUT2D eigenvalue weighted by Crippen LogP contribution is -2.55. The van der Waals surface area contributed by atoms with Crippen molar-refractivity contribution in [3.8, 4) is 0 Å². The van der Waals surface area contributed by atoms with Gasteiger partial charge in [0.15, 0.2) is 0 Å². The molecule has 1 atom stereocenters. The average Bonchev–Trinajstić information content (AvgIpc) is 2.63. The lowest BCUT2D eigenvalue weighted by Gasteiger charge is -2.34. The van der Waals surface area contributed by atoms with Gasteiger partial charge in [-0.05, 0) is 24.1 Å². The molecule has 1 N–H and O–H groups in total. The Morgan fingerprint density at radius 1 is 1.24 bits per heavy atom. The third-order valence-corrected chi connectivity index (χ3v) is 4.14. The van der Waals surface area contributed by atoms with E-state index in [0.717, 1.165) is 16.8 Å². The van der Waals surface area contributed by atoms with E-state index < -0.39 is 6.04 Å². The highest BCUT2D eigenvalue weighted by molar-refractivity contribution is 5.89. The highest BCUT2D eigenvalue weighted by Crippen LogP contribution is 2.14. The largest absolute Gasteiger partial charge is 0.369 e. The molecule has 1 saturated heterocycles. The second kappa shape index (κ2) is 7.90. The second-order valence-electron chi connectivity index (χ2n) is 6.06. The minimum atomic E-state index is -0.625. The van der Waals surface area contributed by atoms with Crippen molar-refractivity contribution in [2.24, 2.45) is 0 Å². The Morgan fingerprint density at radius 3 is 2.76 bits per heavy atom. The molecule has 0 saturated carbocycles. The molecule has 1 aliphatic heterocycles. The van der Waals surface area contributed by atoms with E-state index in [9.17, 15) is 9.59 Å². The molecule has 0 spiro atoms. The summed E-state index contributed by atoms with van der Waals surface area (Å²) in [6.07, 6.45) is 1.74. The van der Waals surface area contributed by atoms with E-state index in [1.54, 1.807) is 11.1 Å². The quantitative estimate of drug-likeness (QED) is 0.895. The number of ether oxygens (including phenoxy) is 1. The summed E-state index contributed by atoms with van der Waals surface area (Å²) in [5.74, 6) is -0.392. The van der Waals surface area contributed by atoms with Gasteiger partial charge in [-0.2, -0.15) is 0 Å². The summed E-state index contributed by atoms with van der Waals surface area (Å²) in [6.45, 7) is 2.90. The van der Waals surface area contributed by atoms with Crippen LogP contribution in [-0.2, 0) is 27.4 Å². The molecular formula is C19H21N3O3. The number of nitrogens with zero attached hydrogens (tertiary/aromatic N) is 2. The first-order chi connectivity index (χ1) is 12.1. The highest BCUT2D eigenvalue weighted by Gasteiger charge is 2.33. The molecule has 6 heteroatoms. The Labute approximate surface area is 146 Å². The van der Waals surface area contributed by atoms with Crippen molar-refractivity contribution in [2.45, 2.75) is 26.1 Å². The number of morpholine rings is 1. The van der Waals surface area contributed by atoms with Gasteiger partial charge in [-0.25, -0.2) is 0 Å². The molecule has 6 nitrogen and oxygen atoms in total. The first kappa shape index (κ1) is 17.1. The van der Waals surface area contributed by atoms with Crippen molar-refractivity contribution in [1.29, 1.82) is 0 Å². The summed E-state index contributed by atoms with van der Waals surface area (Å²) < 4.78 is 5.29. The molecular weight excluding hydrogens is 318 g/mol. The van der Waals surface area contributed by atoms with Crippen molar-refractivity contribution < 1.29 is 14.3 Å². The molecule has 3 rings (SSSR count). The Bertz CT molecular complexity index is 731. The number of hydrogen-bond acceptors (Lipinski definition) is 4. The Kier molecular flexibility index (Phi) is 5.40. The molecule has 0 radical (unpaired) electrons. The van der Waals surface area contributed by atoms with Crippen LogP contribution in [0, 0.1) is 6.92 Å². The summed E-state index contributed by atoms with van der Waals surface area (Å²) in [7, 11) is 0. The van der Waals surface area contributed by atoms with Crippen molar-refractivity contribution in [2.75, 3.05) is 13.2 Å². The maximum Gasteiger partial charge on any atom is 0.249 e. The molecule has 2 amide bonds. The van der Waals surface area contributed by atoms with Crippen molar-refractivity contribution in [3.05, 3.63) is 65.5 Å². The molecule has 1 aromatic heterocycles. The Balaban J connectivity index is 1.65. The monoisotopic (exact) mass is 339 g/mol. The molecule has 1 fully saturated rings. The van der Waals surface area contributed by atoms with Gasteiger partial charge in [-0.1, -0.05) is 36.4 Å². The first-order valence-electron chi connectivity index (χ1n) is 8.24. The van der Waals surface area contributed by atoms with E-state index in [-0.39, 0.29) is 25.0 Å². The maximum absolute atomic E-state index is 12.6. The zero-order valence-electron chi connectivity index (χ0n) is 14.1. The van der Waals surface area contributed by atoms with Crippen LogP contribution in [0.5, 0.6) is 0 Å². The van der Waals surface area contributed by atoms with Gasteiger partial charge in [0.05, 0.1) is 6.61 Å². The van der Waals surface area contributed by atoms with Crippen LogP contribution < -0.4 is 5.32 Å². The minimum absolute atomic E-state index is 0.0124. The number of hydrogen-bond donors (Lipinski definition) is 1. The number of aromatic nitrogens is 1. The zero-order valence-corrected chi connectivity index (χ0v) is 14.1. The second-order valence-corrected chi connectivity index (χ2v) is 6.06. The summed E-state index contributed by atoms with van der Waals surface area (Å²) in [4.78, 5) is 30.6. The lowest BCUT2D eigenvalue weighted by atomic mass is 10.1. The molecule has 25 heavy (non-hydrogen) atoms. The fourth-order valence-corrected chi connectivity index (χ4v) is 2.71. The van der Waals surface area contributed by atoms with Crippen LogP contribution in [0.2, 0.25) is 0 Å². The number of pyridine rings is 1. The van der Waals surface area contributed by atoms with Gasteiger partial charge in [0, 0.05) is 25.0 Å². The van der Waals surface area contributed by atoms with Crippen molar-refractivity contribution in [3.63, 3.8) is 0 Å². The van der Waals surface area contributed by atoms with Crippen LogP contribution in [0.15, 0.2) is 48.7 Å². The SMILES string of the molecule is Cc1ccc(CNC(=O)C2COCC(=O)N2Cc2ccccc2)cn1. The van der Waals surface area contributed by atoms with Crippen LogP contribution in [-0.4, -0.2) is 41.0 Å². The maximum atomic E-state index is 12.6. The topological polar surface area (TPSA) is 71.5 Å². The fraction of sp³-hybridized carbons (Fsp3) is 0.316. The van der Waals surface area contributed by atoms with E-state index in [1.165, 1.54) is 0 Å². The molecule has 0 bridgehead atoms. The number of benzene rings is 1. The molecule has 1 aliphatic rings. The summed E-state index contributed by atoms with van der Waals surface area (Å²) in [5, 5.41) is 2.87. The normalized spacial score (nSPS) is 17.4. The van der Waals surface area contributed by atoms with Gasteiger partial charge in [-0.3, -0.25) is 14.6 Å². The van der Waals surface area contributed by atoms with E-state index in [0.29, 0.717) is 13.1 Å². The lowest BCUT2D eigenvalue weighted by molar-refractivity contribution is -0.155. The number of carbonyl (C=O) groups excluding carboxylic acids is 2. The predicted octanol–water partition coefficient (Wildman–Crippen LogP) is 1.43. The molecule has 0 aliphatic carbocycles. The minimum Gasteiger partial charge on any atom is -0.369 e. The number of nitrogens with one attached hydrogen (secondary N) is 1. The molecule has 1 aromatic carbocycles. The molecule has 130 valence electrons. The summed E-state index contributed by atoms with van der Waals surface area (Å²) in [6, 6.07) is 12.8. The standard InChI is InChI=1S/C19H21N3O3/c1-14-7-8-16(9-20-14)10-21-19(24)17-12-25-13-18(23)22(17)11-15-5-3-2-4-6-15/h2-9,17H,10-13H2,1H3,(H,21,24). The predicted molar refractivity (Wildman–Crippen MR) is 92.4 cm³/mol. The third kappa shape index (κ3) is 4.42. The zero-order chi connectivity index (χ0) is 17.6. The number of carbonyl (C=O) groups is 2. The summed E-state index contributed by atoms with van der Waals surface area (Å²) in [5.41, 5.74) is 2.82. The van der Waals surface area contributed by atoms with Crippen LogP contribution in [0.3, 0.4) is 0 Å². The Hall–Kier alpha value is -2.73. The number of amides is 2. The van der Waals surface area contributed by atoms with Gasteiger partial charge in [0.2, 0.25) is 11.8 Å². The molecule has 1 unspecified atom stereocenters. The van der Waals surface area contributed by atoms with Crippen molar-refractivity contribution >= 4 is 11.8 Å². The first-order valence-corrected chi connectivity index (χ1v) is 8.24. The number of rotatable bonds is 5. The van der Waals surface area contributed by atoms with E-state index in [1.807, 2.05) is 49.4 Å². The van der Waals surface area contributed by atoms with Gasteiger partial charge >= 0.3 is 0 Å². The van der Waals surface area contributed by atoms with Gasteiger partial charge < -0.3 is 15.0 Å². The van der Waals surface area contributed by atoms with Gasteiger partial charge in [0.1, 0.15) is 12.6 Å². The molecule has 2 heterocycles. The van der Waals surface area contributed by atoms with Gasteiger partial charge in [0.25, 0.3) is 0 Å². The number of aryl methyl sites for hydroxylation is 1. The van der Waals surface area contributed by atoms with E-state index >= 15 is 0 Å². The van der Waals surface area contributed by atoms with E-state index in [2.05, 4.69) is 10.3 Å². The van der Waals surface area contributed by atoms with Crippen LogP contribution in [0.25, 0.3) is 0 Å². The highest BCUT2D eigenvalue weighted by atomic mass is 16.5. The molecule has 2 aromatic rings. The van der Waals surface area contributed by atoms with Gasteiger partial charge in [-0.15, -0.1) is 0 Å². The van der Waals surface area contributed by atoms with E-state index in [4.69, 9.17) is 4.74 Å². The Morgan fingerprint density at radius 2 is 2.04 bits per heavy atom. The van der Waals surface area contributed by atoms with Crippen LogP contribution in [0.1, 0.15) is 16.8 Å². The fourth-order valence-electron chi connectivity index (χ4n) is 2.71. The average molecular weight is 339 g/mol. The smallest absolute Gasteiger partial charge is 0.249 e. The van der Waals surface area contributed by atoms with Crippen LogP contribution in [0.4, 0.5) is 0 Å². The third-order valence-electron chi connectivity index (χ3n) is 4.14.